The van der Waals surface area contributed by atoms with Crippen LogP contribution in [-0.2, 0) is 9.53 Å². The molecule has 0 aliphatic carbocycles. The molecule has 0 spiro atoms. The molecule has 4 rings (SSSR count). The molecule has 1 aliphatic heterocycles. The molecule has 8 nitrogen and oxygen atoms in total. The highest BCUT2D eigenvalue weighted by molar-refractivity contribution is 6.30. The molecule has 4 heterocycles. The highest BCUT2D eigenvalue weighted by atomic mass is 35.5. The lowest BCUT2D eigenvalue weighted by Crippen LogP contribution is -2.52. The van der Waals surface area contributed by atoms with Crippen molar-refractivity contribution in [3.05, 3.63) is 41.8 Å². The summed E-state index contributed by atoms with van der Waals surface area (Å²) >= 11 is 6.09. The molecule has 1 amide bonds. The Labute approximate surface area is 154 Å². The minimum absolute atomic E-state index is 0.130. The maximum absolute atomic E-state index is 11.5. The summed E-state index contributed by atoms with van der Waals surface area (Å²) in [6.45, 7) is 2.87. The van der Waals surface area contributed by atoms with Gasteiger partial charge in [-0.3, -0.25) is 9.20 Å². The summed E-state index contributed by atoms with van der Waals surface area (Å²) in [6, 6.07) is 5.41. The number of ether oxygens (including phenoxy) is 1. The molecular weight excluding hydrogens is 356 g/mol. The van der Waals surface area contributed by atoms with Gasteiger partial charge in [-0.2, -0.15) is 0 Å². The van der Waals surface area contributed by atoms with Crippen LogP contribution in [0.25, 0.3) is 17.2 Å². The zero-order valence-electron chi connectivity index (χ0n) is 14.0. The van der Waals surface area contributed by atoms with Crippen LogP contribution in [0.3, 0.4) is 0 Å². The highest BCUT2D eigenvalue weighted by Gasteiger charge is 2.29. The SMILES string of the molecule is C[C@@H]1CN(c2ccnc(-c3cnc4ccc(Cl)cn34)n2)C[C@H](C(N)=O)O1. The van der Waals surface area contributed by atoms with E-state index in [1.54, 1.807) is 30.7 Å². The quantitative estimate of drug-likeness (QED) is 0.748. The summed E-state index contributed by atoms with van der Waals surface area (Å²) in [6.07, 6.45) is 4.37. The molecule has 2 N–H and O–H groups in total. The number of nitrogens with zero attached hydrogens (tertiary/aromatic N) is 5. The Kier molecular flexibility index (Phi) is 4.21. The standard InChI is InChI=1S/C17H17ClN6O2/c1-10-7-23(9-13(26-10)16(19)25)15-4-5-20-17(22-15)12-6-21-14-3-2-11(18)8-24(12)14/h2-6,8,10,13H,7,9H2,1H3,(H2,19,25)/t10-,13-/m1/s1. The summed E-state index contributed by atoms with van der Waals surface area (Å²) < 4.78 is 7.43. The number of carbonyl (C=O) groups is 1. The number of nitrogens with two attached hydrogens (primary N) is 1. The van der Waals surface area contributed by atoms with Gasteiger partial charge in [-0.15, -0.1) is 0 Å². The molecule has 0 radical (unpaired) electrons. The van der Waals surface area contributed by atoms with Crippen molar-refractivity contribution in [1.82, 2.24) is 19.4 Å². The zero-order valence-corrected chi connectivity index (χ0v) is 14.8. The molecule has 9 heteroatoms. The molecule has 1 fully saturated rings. The topological polar surface area (TPSA) is 98.6 Å². The average Bonchev–Trinajstić information content (AvgIpc) is 3.04. The van der Waals surface area contributed by atoms with Crippen molar-refractivity contribution < 1.29 is 9.53 Å². The lowest BCUT2D eigenvalue weighted by Gasteiger charge is -2.36. The normalized spacial score (nSPS) is 20.5. The molecule has 1 saturated heterocycles. The number of morpholine rings is 1. The van der Waals surface area contributed by atoms with E-state index in [9.17, 15) is 4.79 Å². The van der Waals surface area contributed by atoms with E-state index in [4.69, 9.17) is 22.1 Å². The van der Waals surface area contributed by atoms with E-state index in [0.717, 1.165) is 11.3 Å². The van der Waals surface area contributed by atoms with Gasteiger partial charge in [-0.25, -0.2) is 15.0 Å². The fourth-order valence-corrected chi connectivity index (χ4v) is 3.23. The van der Waals surface area contributed by atoms with E-state index < -0.39 is 12.0 Å². The van der Waals surface area contributed by atoms with Crippen molar-refractivity contribution in [2.45, 2.75) is 19.1 Å². The first-order chi connectivity index (χ1) is 12.5. The molecule has 2 atom stereocenters. The molecule has 3 aromatic rings. The predicted octanol–water partition coefficient (Wildman–Crippen LogP) is 1.52. The van der Waals surface area contributed by atoms with E-state index in [-0.39, 0.29) is 6.10 Å². The Morgan fingerprint density at radius 1 is 1.31 bits per heavy atom. The number of hydrogen-bond donors (Lipinski definition) is 1. The summed E-state index contributed by atoms with van der Waals surface area (Å²) in [5, 5.41) is 0.596. The number of imidazole rings is 1. The van der Waals surface area contributed by atoms with Gasteiger partial charge in [0.1, 0.15) is 17.2 Å². The van der Waals surface area contributed by atoms with Crippen molar-refractivity contribution in [2.24, 2.45) is 5.73 Å². The van der Waals surface area contributed by atoms with Crippen LogP contribution < -0.4 is 10.6 Å². The fourth-order valence-electron chi connectivity index (χ4n) is 3.06. The summed E-state index contributed by atoms with van der Waals surface area (Å²) in [7, 11) is 0. The van der Waals surface area contributed by atoms with Crippen molar-refractivity contribution in [2.75, 3.05) is 18.0 Å². The Morgan fingerprint density at radius 2 is 2.15 bits per heavy atom. The van der Waals surface area contributed by atoms with E-state index in [0.29, 0.717) is 29.8 Å². The van der Waals surface area contributed by atoms with Crippen molar-refractivity contribution in [3.8, 4) is 11.5 Å². The lowest BCUT2D eigenvalue weighted by molar-refractivity contribution is -0.133. The zero-order chi connectivity index (χ0) is 18.3. The van der Waals surface area contributed by atoms with Crippen LogP contribution in [0.5, 0.6) is 0 Å². The summed E-state index contributed by atoms with van der Waals surface area (Å²) in [4.78, 5) is 26.9. The third-order valence-corrected chi connectivity index (χ3v) is 4.46. The number of primary amides is 1. The van der Waals surface area contributed by atoms with Gasteiger partial charge in [-0.05, 0) is 25.1 Å². The first-order valence-electron chi connectivity index (χ1n) is 8.17. The van der Waals surface area contributed by atoms with Gasteiger partial charge >= 0.3 is 0 Å². The van der Waals surface area contributed by atoms with Gasteiger partial charge in [0.2, 0.25) is 5.91 Å². The van der Waals surface area contributed by atoms with Crippen LogP contribution in [-0.4, -0.2) is 50.6 Å². The van der Waals surface area contributed by atoms with Crippen LogP contribution >= 0.6 is 11.6 Å². The molecule has 0 saturated carbocycles. The third kappa shape index (κ3) is 3.09. The van der Waals surface area contributed by atoms with E-state index >= 15 is 0 Å². The van der Waals surface area contributed by atoms with E-state index in [1.165, 1.54) is 0 Å². The van der Waals surface area contributed by atoms with Crippen molar-refractivity contribution >= 4 is 29.0 Å². The van der Waals surface area contributed by atoms with Crippen LogP contribution in [0, 0.1) is 0 Å². The van der Waals surface area contributed by atoms with Gasteiger partial charge in [0.15, 0.2) is 11.9 Å². The third-order valence-electron chi connectivity index (χ3n) is 4.24. The second-order valence-electron chi connectivity index (χ2n) is 6.20. The minimum Gasteiger partial charge on any atom is -0.367 e. The number of amides is 1. The molecule has 134 valence electrons. The molecule has 0 aromatic carbocycles. The second kappa shape index (κ2) is 6.54. The number of pyridine rings is 1. The maximum Gasteiger partial charge on any atom is 0.248 e. The van der Waals surface area contributed by atoms with Gasteiger partial charge in [-0.1, -0.05) is 11.6 Å². The average molecular weight is 373 g/mol. The molecule has 0 bridgehead atoms. The molecular formula is C17H17ClN6O2. The number of carbonyl (C=O) groups excluding carboxylic acids is 1. The molecule has 1 aliphatic rings. The first kappa shape index (κ1) is 16.7. The Hall–Kier alpha value is -2.71. The van der Waals surface area contributed by atoms with Crippen LogP contribution in [0.15, 0.2) is 36.8 Å². The molecule has 0 unspecified atom stereocenters. The van der Waals surface area contributed by atoms with Gasteiger partial charge in [0.05, 0.1) is 23.9 Å². The second-order valence-corrected chi connectivity index (χ2v) is 6.64. The van der Waals surface area contributed by atoms with Gasteiger partial charge < -0.3 is 15.4 Å². The van der Waals surface area contributed by atoms with Crippen LogP contribution in [0.2, 0.25) is 5.02 Å². The largest absolute Gasteiger partial charge is 0.367 e. The van der Waals surface area contributed by atoms with Gasteiger partial charge in [0, 0.05) is 18.9 Å². The number of rotatable bonds is 3. The lowest BCUT2D eigenvalue weighted by atomic mass is 10.2. The van der Waals surface area contributed by atoms with Crippen LogP contribution in [0.1, 0.15) is 6.92 Å². The fraction of sp³-hybridized carbons (Fsp3) is 0.294. The number of halogens is 1. The predicted molar refractivity (Wildman–Crippen MR) is 97.0 cm³/mol. The highest BCUT2D eigenvalue weighted by Crippen LogP contribution is 2.23. The van der Waals surface area contributed by atoms with E-state index in [1.807, 2.05) is 22.3 Å². The smallest absolute Gasteiger partial charge is 0.248 e. The minimum atomic E-state index is -0.660. The Bertz CT molecular complexity index is 975. The number of fused-ring (bicyclic) bond motifs is 1. The van der Waals surface area contributed by atoms with E-state index in [2.05, 4.69) is 15.0 Å². The number of aromatic nitrogens is 4. The Balaban J connectivity index is 1.70. The van der Waals surface area contributed by atoms with Crippen molar-refractivity contribution in [3.63, 3.8) is 0 Å². The number of anilines is 1. The van der Waals surface area contributed by atoms with Crippen LogP contribution in [0.4, 0.5) is 5.82 Å². The van der Waals surface area contributed by atoms with Crippen molar-refractivity contribution in [1.29, 1.82) is 0 Å². The molecule has 26 heavy (non-hydrogen) atoms. The molecule has 3 aromatic heterocycles. The Morgan fingerprint density at radius 3 is 2.96 bits per heavy atom. The number of hydrogen-bond acceptors (Lipinski definition) is 6. The maximum atomic E-state index is 11.5. The van der Waals surface area contributed by atoms with Gasteiger partial charge in [0.25, 0.3) is 0 Å². The first-order valence-corrected chi connectivity index (χ1v) is 8.55. The summed E-state index contributed by atoms with van der Waals surface area (Å²) in [5.41, 5.74) is 6.90. The monoisotopic (exact) mass is 372 g/mol. The summed E-state index contributed by atoms with van der Waals surface area (Å²) in [5.74, 6) is 0.743.